The molecule has 7 heavy (non-hydrogen) atoms. The van der Waals surface area contributed by atoms with Gasteiger partial charge in [-0.15, -0.1) is 0 Å². The van der Waals surface area contributed by atoms with Gasteiger partial charge in [-0.05, 0) is 0 Å². The molecule has 0 aromatic carbocycles. The van der Waals surface area contributed by atoms with Crippen molar-refractivity contribution in [3.8, 4) is 0 Å². The van der Waals surface area contributed by atoms with Crippen molar-refractivity contribution in [2.75, 3.05) is 13.6 Å². The smallest absolute Gasteiger partial charge is 0.124 e. The molecule has 0 radical (unpaired) electrons. The van der Waals surface area contributed by atoms with Crippen LogP contribution < -0.4 is 17.0 Å². The third-order valence-electron chi connectivity index (χ3n) is 0.630. The Labute approximate surface area is 42.6 Å². The van der Waals surface area contributed by atoms with Gasteiger partial charge in [-0.3, -0.25) is 4.99 Å². The van der Waals surface area contributed by atoms with Gasteiger partial charge in [0.1, 0.15) is 5.84 Å². The van der Waals surface area contributed by atoms with E-state index in [2.05, 4.69) is 10.4 Å². The summed E-state index contributed by atoms with van der Waals surface area (Å²) in [6, 6.07) is 0. The lowest BCUT2D eigenvalue weighted by molar-refractivity contribution is 0.983. The van der Waals surface area contributed by atoms with Crippen LogP contribution >= 0.6 is 0 Å². The lowest BCUT2D eigenvalue weighted by Crippen LogP contribution is -2.35. The highest BCUT2D eigenvalue weighted by Gasteiger charge is 1.82. The van der Waals surface area contributed by atoms with Gasteiger partial charge in [0.25, 0.3) is 0 Å². The first-order chi connectivity index (χ1) is 3.35. The second-order valence-corrected chi connectivity index (χ2v) is 1.02. The van der Waals surface area contributed by atoms with Gasteiger partial charge in [-0.25, -0.2) is 5.84 Å². The summed E-state index contributed by atoms with van der Waals surface area (Å²) >= 11 is 0. The van der Waals surface area contributed by atoms with Crippen LogP contribution in [0.5, 0.6) is 0 Å². The number of aliphatic imine (C=N–C) groups is 1. The summed E-state index contributed by atoms with van der Waals surface area (Å²) in [7, 11) is 1.63. The van der Waals surface area contributed by atoms with Crippen LogP contribution in [0.2, 0.25) is 0 Å². The molecule has 42 valence electrons. The number of hydrogen-bond donors (Lipinski definition) is 3. The van der Waals surface area contributed by atoms with E-state index in [1.165, 1.54) is 0 Å². The largest absolute Gasteiger partial charge is 0.324 e. The van der Waals surface area contributed by atoms with Crippen molar-refractivity contribution in [2.45, 2.75) is 0 Å². The van der Waals surface area contributed by atoms with E-state index in [1.54, 1.807) is 7.05 Å². The Hall–Kier alpha value is -0.610. The maximum Gasteiger partial charge on any atom is 0.124 e. The van der Waals surface area contributed by atoms with Crippen LogP contribution in [0, 0.1) is 0 Å². The Morgan fingerprint density at radius 3 is 2.43 bits per heavy atom. The van der Waals surface area contributed by atoms with E-state index in [0.29, 0.717) is 12.4 Å². The van der Waals surface area contributed by atoms with Gasteiger partial charge in [0.2, 0.25) is 0 Å². The molecular formula is C3H10N4. The third-order valence-corrected chi connectivity index (χ3v) is 0.630. The molecular weight excluding hydrogens is 92.1 g/mol. The van der Waals surface area contributed by atoms with Gasteiger partial charge >= 0.3 is 0 Å². The van der Waals surface area contributed by atoms with Crippen molar-refractivity contribution in [3.63, 3.8) is 0 Å². The Bertz CT molecular complexity index is 61.3. The molecule has 0 aromatic heterocycles. The number of amidine groups is 1. The predicted octanol–water partition coefficient (Wildman–Crippen LogP) is -1.56. The minimum absolute atomic E-state index is 0.368. The topological polar surface area (TPSA) is 76.4 Å². The van der Waals surface area contributed by atoms with Gasteiger partial charge in [0.05, 0.1) is 6.54 Å². The second kappa shape index (κ2) is 3.58. The highest BCUT2D eigenvalue weighted by atomic mass is 15.3. The Morgan fingerprint density at radius 1 is 1.86 bits per heavy atom. The lowest BCUT2D eigenvalue weighted by Gasteiger charge is -1.96. The maximum absolute atomic E-state index is 5.12. The van der Waals surface area contributed by atoms with Crippen molar-refractivity contribution in [2.24, 2.45) is 16.6 Å². The van der Waals surface area contributed by atoms with Crippen LogP contribution in [0.1, 0.15) is 0 Å². The minimum Gasteiger partial charge on any atom is -0.324 e. The molecule has 5 N–H and O–H groups in total. The molecule has 4 heteroatoms. The van der Waals surface area contributed by atoms with Gasteiger partial charge < -0.3 is 11.2 Å². The Morgan fingerprint density at radius 2 is 2.43 bits per heavy atom. The molecule has 4 nitrogen and oxygen atoms in total. The van der Waals surface area contributed by atoms with Crippen molar-refractivity contribution in [1.82, 2.24) is 5.43 Å². The van der Waals surface area contributed by atoms with Gasteiger partial charge in [0, 0.05) is 7.05 Å². The fourth-order valence-corrected chi connectivity index (χ4v) is 0.215. The highest BCUT2D eigenvalue weighted by Crippen LogP contribution is 1.58. The number of nitrogens with one attached hydrogen (secondary N) is 1. The van der Waals surface area contributed by atoms with Gasteiger partial charge in [-0.2, -0.15) is 0 Å². The molecule has 0 aliphatic carbocycles. The molecule has 0 saturated carbocycles. The summed E-state index contributed by atoms with van der Waals surface area (Å²) in [6.07, 6.45) is 0. The average molecular weight is 102 g/mol. The number of nitrogens with zero attached hydrogens (tertiary/aromatic N) is 1. The molecule has 0 fully saturated rings. The Balaban J connectivity index is 3.38. The normalized spacial score (nSPS) is 11.6. The van der Waals surface area contributed by atoms with E-state index < -0.39 is 0 Å². The van der Waals surface area contributed by atoms with E-state index >= 15 is 0 Å². The molecule has 0 aromatic rings. The number of rotatable bonds is 1. The second-order valence-electron chi connectivity index (χ2n) is 1.02. The molecule has 0 bridgehead atoms. The fourth-order valence-electron chi connectivity index (χ4n) is 0.215. The zero-order valence-electron chi connectivity index (χ0n) is 4.31. The van der Waals surface area contributed by atoms with E-state index in [9.17, 15) is 0 Å². The number of hydrazine groups is 1. The van der Waals surface area contributed by atoms with Crippen LogP contribution in [-0.2, 0) is 0 Å². The minimum atomic E-state index is 0.368. The molecule has 0 unspecified atom stereocenters. The SMILES string of the molecule is CN=C(CN)NN. The standard InChI is InChI=1S/C3H10N4/c1-6-3(2-4)7-5/h2,4-5H2,1H3,(H,6,7). The molecule has 0 heterocycles. The van der Waals surface area contributed by atoms with E-state index in [4.69, 9.17) is 11.6 Å². The summed E-state index contributed by atoms with van der Waals surface area (Å²) in [6.45, 7) is 0.368. The van der Waals surface area contributed by atoms with E-state index in [0.717, 1.165) is 0 Å². The maximum atomic E-state index is 5.12. The van der Waals surface area contributed by atoms with Crippen molar-refractivity contribution >= 4 is 5.84 Å². The van der Waals surface area contributed by atoms with Crippen LogP contribution in [0.3, 0.4) is 0 Å². The van der Waals surface area contributed by atoms with Crippen molar-refractivity contribution < 1.29 is 0 Å². The summed E-state index contributed by atoms with van der Waals surface area (Å²) in [5.74, 6) is 5.54. The van der Waals surface area contributed by atoms with Crippen molar-refractivity contribution in [1.29, 1.82) is 0 Å². The van der Waals surface area contributed by atoms with Gasteiger partial charge in [0.15, 0.2) is 0 Å². The monoisotopic (exact) mass is 102 g/mol. The zero-order chi connectivity index (χ0) is 5.70. The van der Waals surface area contributed by atoms with Crippen molar-refractivity contribution in [3.05, 3.63) is 0 Å². The first-order valence-corrected chi connectivity index (χ1v) is 1.97. The van der Waals surface area contributed by atoms with E-state index in [-0.39, 0.29) is 0 Å². The van der Waals surface area contributed by atoms with Crippen LogP contribution in [-0.4, -0.2) is 19.4 Å². The number of hydrogen-bond acceptors (Lipinski definition) is 3. The molecule has 0 aliphatic rings. The van der Waals surface area contributed by atoms with Gasteiger partial charge in [-0.1, -0.05) is 0 Å². The molecule has 0 spiro atoms. The molecule has 0 atom stereocenters. The first kappa shape index (κ1) is 6.39. The first-order valence-electron chi connectivity index (χ1n) is 1.97. The summed E-state index contributed by atoms with van der Waals surface area (Å²) in [5, 5.41) is 0. The van der Waals surface area contributed by atoms with Crippen LogP contribution in [0.4, 0.5) is 0 Å². The predicted molar refractivity (Wildman–Crippen MR) is 29.7 cm³/mol. The summed E-state index contributed by atoms with van der Waals surface area (Å²) in [5.41, 5.74) is 7.45. The third kappa shape index (κ3) is 2.13. The summed E-state index contributed by atoms with van der Waals surface area (Å²) < 4.78 is 0. The molecule has 0 rings (SSSR count). The highest BCUT2D eigenvalue weighted by molar-refractivity contribution is 5.83. The molecule has 0 saturated heterocycles. The van der Waals surface area contributed by atoms with Crippen LogP contribution in [0.25, 0.3) is 0 Å². The lowest BCUT2D eigenvalue weighted by atomic mass is 10.6. The zero-order valence-corrected chi connectivity index (χ0v) is 4.31. The summed E-state index contributed by atoms with van der Waals surface area (Å²) in [4.78, 5) is 3.68. The molecule has 0 aliphatic heterocycles. The fraction of sp³-hybridized carbons (Fsp3) is 0.667. The van der Waals surface area contributed by atoms with Crippen LogP contribution in [0.15, 0.2) is 4.99 Å². The molecule has 0 amide bonds. The number of nitrogens with two attached hydrogens (primary N) is 2. The average Bonchev–Trinajstić information content (AvgIpc) is 1.72. The van der Waals surface area contributed by atoms with E-state index in [1.807, 2.05) is 0 Å². The quantitative estimate of drug-likeness (QED) is 0.162. The Kier molecular flexibility index (Phi) is 3.26.